The highest BCUT2D eigenvalue weighted by Gasteiger charge is 2.57. The Labute approximate surface area is 84.6 Å². The first-order chi connectivity index (χ1) is 6.72. The second-order valence-corrected chi connectivity index (χ2v) is 3.78. The molecule has 0 radical (unpaired) electrons. The van der Waals surface area contributed by atoms with Gasteiger partial charge in [-0.1, -0.05) is 0 Å². The van der Waals surface area contributed by atoms with Gasteiger partial charge in [-0.2, -0.15) is 22.0 Å². The summed E-state index contributed by atoms with van der Waals surface area (Å²) < 4.78 is 60.9. The van der Waals surface area contributed by atoms with Crippen LogP contribution in [-0.4, -0.2) is 61.7 Å². The maximum atomic E-state index is 12.6. The summed E-state index contributed by atoms with van der Waals surface area (Å²) in [6.07, 6.45) is -5.45. The van der Waals surface area contributed by atoms with Crippen molar-refractivity contribution in [2.75, 3.05) is 39.8 Å². The number of rotatable bonds is 2. The predicted molar refractivity (Wildman–Crippen MR) is 44.9 cm³/mol. The highest BCUT2D eigenvalue weighted by molar-refractivity contribution is 4.82. The van der Waals surface area contributed by atoms with E-state index in [1.165, 1.54) is 0 Å². The molecule has 0 unspecified atom stereocenters. The van der Waals surface area contributed by atoms with E-state index in [0.717, 1.165) is 4.90 Å². The van der Waals surface area contributed by atoms with Crippen molar-refractivity contribution >= 4 is 0 Å². The Hall–Kier alpha value is -0.430. The third-order valence-electron chi connectivity index (χ3n) is 2.43. The Kier molecular flexibility index (Phi) is 3.55. The van der Waals surface area contributed by atoms with Gasteiger partial charge in [-0.05, 0) is 7.05 Å². The van der Waals surface area contributed by atoms with Gasteiger partial charge in [0.15, 0.2) is 0 Å². The van der Waals surface area contributed by atoms with Crippen LogP contribution in [0, 0.1) is 0 Å². The van der Waals surface area contributed by atoms with E-state index >= 15 is 0 Å². The molecule has 1 fully saturated rings. The number of halogens is 5. The Morgan fingerprint density at radius 1 is 0.933 bits per heavy atom. The van der Waals surface area contributed by atoms with Crippen LogP contribution >= 0.6 is 0 Å². The number of piperazine rings is 1. The van der Waals surface area contributed by atoms with E-state index in [1.807, 2.05) is 4.90 Å². The van der Waals surface area contributed by atoms with Crippen molar-refractivity contribution in [3.63, 3.8) is 0 Å². The van der Waals surface area contributed by atoms with Crippen molar-refractivity contribution in [1.82, 2.24) is 9.80 Å². The van der Waals surface area contributed by atoms with Crippen LogP contribution in [0.1, 0.15) is 0 Å². The number of alkyl halides is 5. The molecule has 0 spiro atoms. The Morgan fingerprint density at radius 2 is 1.40 bits per heavy atom. The summed E-state index contributed by atoms with van der Waals surface area (Å²) in [4.78, 5) is 3.04. The number of likely N-dealkylation sites (N-methyl/N-ethyl adjacent to an activating group) is 1. The van der Waals surface area contributed by atoms with E-state index < -0.39 is 18.6 Å². The third kappa shape index (κ3) is 3.27. The highest BCUT2D eigenvalue weighted by Crippen LogP contribution is 2.35. The average molecular weight is 232 g/mol. The summed E-state index contributed by atoms with van der Waals surface area (Å²) in [6.45, 7) is 0.316. The topological polar surface area (TPSA) is 6.48 Å². The summed E-state index contributed by atoms with van der Waals surface area (Å²) in [6, 6.07) is 0. The van der Waals surface area contributed by atoms with E-state index in [2.05, 4.69) is 0 Å². The predicted octanol–water partition coefficient (Wildman–Crippen LogP) is 1.43. The molecule has 7 heteroatoms. The minimum atomic E-state index is -5.45. The molecule has 1 heterocycles. The number of hydrogen-bond donors (Lipinski definition) is 0. The summed E-state index contributed by atoms with van der Waals surface area (Å²) >= 11 is 0. The molecule has 0 bridgehead atoms. The minimum absolute atomic E-state index is 0.252. The lowest BCUT2D eigenvalue weighted by Crippen LogP contribution is -2.52. The van der Waals surface area contributed by atoms with Crippen molar-refractivity contribution < 1.29 is 22.0 Å². The summed E-state index contributed by atoms with van der Waals surface area (Å²) in [5.41, 5.74) is 0. The quantitative estimate of drug-likeness (QED) is 0.664. The van der Waals surface area contributed by atoms with Gasteiger partial charge in [0.05, 0.1) is 6.54 Å². The Bertz CT molecular complexity index is 208. The second-order valence-electron chi connectivity index (χ2n) is 3.78. The van der Waals surface area contributed by atoms with Crippen LogP contribution < -0.4 is 0 Å². The third-order valence-corrected chi connectivity index (χ3v) is 2.43. The van der Waals surface area contributed by atoms with E-state index in [-0.39, 0.29) is 13.1 Å². The molecule has 1 rings (SSSR count). The fourth-order valence-electron chi connectivity index (χ4n) is 1.38. The molecule has 1 saturated heterocycles. The van der Waals surface area contributed by atoms with Crippen molar-refractivity contribution in [3.05, 3.63) is 0 Å². The molecule has 0 N–H and O–H groups in total. The highest BCUT2D eigenvalue weighted by atomic mass is 19.4. The fourth-order valence-corrected chi connectivity index (χ4v) is 1.38. The van der Waals surface area contributed by atoms with Crippen LogP contribution in [0.25, 0.3) is 0 Å². The van der Waals surface area contributed by atoms with Gasteiger partial charge >= 0.3 is 12.1 Å². The van der Waals surface area contributed by atoms with Crippen LogP contribution in [0.15, 0.2) is 0 Å². The van der Waals surface area contributed by atoms with E-state index in [1.54, 1.807) is 7.05 Å². The van der Waals surface area contributed by atoms with Crippen molar-refractivity contribution in [2.45, 2.75) is 12.1 Å². The first-order valence-corrected chi connectivity index (χ1v) is 4.58. The molecular formula is C8H13F5N2. The van der Waals surface area contributed by atoms with Crippen molar-refractivity contribution in [3.8, 4) is 0 Å². The summed E-state index contributed by atoms with van der Waals surface area (Å²) in [5.74, 6) is -4.61. The summed E-state index contributed by atoms with van der Waals surface area (Å²) in [7, 11) is 1.80. The molecule has 0 amide bonds. The van der Waals surface area contributed by atoms with Crippen molar-refractivity contribution in [1.29, 1.82) is 0 Å². The Balaban J connectivity index is 2.48. The lowest BCUT2D eigenvalue weighted by atomic mass is 10.2. The minimum Gasteiger partial charge on any atom is -0.304 e. The first kappa shape index (κ1) is 12.6. The molecule has 0 aromatic heterocycles. The fraction of sp³-hybridized carbons (Fsp3) is 1.00. The molecule has 1 aliphatic rings. The molecule has 1 aliphatic heterocycles. The van der Waals surface area contributed by atoms with Gasteiger partial charge in [0.25, 0.3) is 0 Å². The lowest BCUT2D eigenvalue weighted by Gasteiger charge is -2.34. The van der Waals surface area contributed by atoms with Crippen LogP contribution in [0.4, 0.5) is 22.0 Å². The van der Waals surface area contributed by atoms with Gasteiger partial charge in [0, 0.05) is 26.2 Å². The summed E-state index contributed by atoms with van der Waals surface area (Å²) in [5, 5.41) is 0. The van der Waals surface area contributed by atoms with Crippen LogP contribution in [0.3, 0.4) is 0 Å². The molecule has 2 nitrogen and oxygen atoms in total. The molecule has 0 aliphatic carbocycles. The van der Waals surface area contributed by atoms with Gasteiger partial charge in [-0.3, -0.25) is 4.90 Å². The standard InChI is InChI=1S/C8H13F5N2/c1-14-2-4-15(5-3-14)6-7(9,10)8(11,12)13/h2-6H2,1H3. The maximum absolute atomic E-state index is 12.6. The zero-order valence-corrected chi connectivity index (χ0v) is 8.32. The molecule has 0 atom stereocenters. The SMILES string of the molecule is CN1CCN(CC(F)(F)C(F)(F)F)CC1. The first-order valence-electron chi connectivity index (χ1n) is 4.58. The monoisotopic (exact) mass is 232 g/mol. The largest absolute Gasteiger partial charge is 0.454 e. The van der Waals surface area contributed by atoms with Crippen LogP contribution in [0.2, 0.25) is 0 Å². The number of nitrogens with zero attached hydrogens (tertiary/aromatic N) is 2. The van der Waals surface area contributed by atoms with Crippen LogP contribution in [0.5, 0.6) is 0 Å². The maximum Gasteiger partial charge on any atom is 0.454 e. The lowest BCUT2D eigenvalue weighted by molar-refractivity contribution is -0.287. The van der Waals surface area contributed by atoms with E-state index in [9.17, 15) is 22.0 Å². The molecule has 15 heavy (non-hydrogen) atoms. The average Bonchev–Trinajstić information content (AvgIpc) is 2.06. The smallest absolute Gasteiger partial charge is 0.304 e. The zero-order chi connectivity index (χ0) is 11.7. The van der Waals surface area contributed by atoms with E-state index in [4.69, 9.17) is 0 Å². The van der Waals surface area contributed by atoms with Gasteiger partial charge < -0.3 is 4.90 Å². The molecule has 0 aromatic rings. The van der Waals surface area contributed by atoms with Crippen LogP contribution in [-0.2, 0) is 0 Å². The molecule has 0 aromatic carbocycles. The second kappa shape index (κ2) is 4.21. The Morgan fingerprint density at radius 3 is 1.80 bits per heavy atom. The van der Waals surface area contributed by atoms with Gasteiger partial charge in [0.2, 0.25) is 0 Å². The normalized spacial score (nSPS) is 22.0. The van der Waals surface area contributed by atoms with Gasteiger partial charge in [-0.25, -0.2) is 0 Å². The zero-order valence-electron chi connectivity index (χ0n) is 8.32. The van der Waals surface area contributed by atoms with Crippen molar-refractivity contribution in [2.24, 2.45) is 0 Å². The number of hydrogen-bond acceptors (Lipinski definition) is 2. The molecule has 0 saturated carbocycles. The molecular weight excluding hydrogens is 219 g/mol. The van der Waals surface area contributed by atoms with Gasteiger partial charge in [-0.15, -0.1) is 0 Å². The molecule has 90 valence electrons. The van der Waals surface area contributed by atoms with Gasteiger partial charge in [0.1, 0.15) is 0 Å². The van der Waals surface area contributed by atoms with E-state index in [0.29, 0.717) is 13.1 Å².